The van der Waals surface area contributed by atoms with Gasteiger partial charge in [-0.05, 0) is 31.6 Å². The topological polar surface area (TPSA) is 73.1 Å². The highest BCUT2D eigenvalue weighted by molar-refractivity contribution is 5.45. The Kier molecular flexibility index (Phi) is 4.58. The lowest BCUT2D eigenvalue weighted by atomic mass is 9.98. The zero-order chi connectivity index (χ0) is 13.8. The number of rotatable bonds is 5. The fourth-order valence-corrected chi connectivity index (χ4v) is 2.61. The van der Waals surface area contributed by atoms with Crippen molar-refractivity contribution in [2.75, 3.05) is 17.7 Å². The zero-order valence-electron chi connectivity index (χ0n) is 12.0. The van der Waals surface area contributed by atoms with Gasteiger partial charge in [-0.1, -0.05) is 13.8 Å². The molecule has 0 saturated heterocycles. The zero-order valence-corrected chi connectivity index (χ0v) is 12.0. The minimum atomic E-state index is 0.410. The summed E-state index contributed by atoms with van der Waals surface area (Å²) >= 11 is 0. The Bertz CT molecular complexity index is 424. The summed E-state index contributed by atoms with van der Waals surface area (Å²) in [6.07, 6.45) is 2.46. The van der Waals surface area contributed by atoms with E-state index in [-0.39, 0.29) is 0 Å². The molecule has 3 N–H and O–H groups in total. The lowest BCUT2D eigenvalue weighted by molar-refractivity contribution is 0.128. The highest BCUT2D eigenvalue weighted by Crippen LogP contribution is 2.33. The molecule has 0 amide bonds. The summed E-state index contributed by atoms with van der Waals surface area (Å²) < 4.78 is 5.33. The third kappa shape index (κ3) is 3.56. The van der Waals surface area contributed by atoms with Gasteiger partial charge in [0.25, 0.3) is 0 Å². The molecular weight excluding hydrogens is 240 g/mol. The van der Waals surface area contributed by atoms with Crippen LogP contribution in [0.1, 0.15) is 39.4 Å². The monoisotopic (exact) mass is 264 g/mol. The first-order chi connectivity index (χ1) is 9.10. The maximum Gasteiger partial charge on any atom is 0.158 e. The van der Waals surface area contributed by atoms with Crippen LogP contribution in [-0.2, 0) is 11.3 Å². The summed E-state index contributed by atoms with van der Waals surface area (Å²) in [5.41, 5.74) is 5.82. The molecule has 1 saturated carbocycles. The Morgan fingerprint density at radius 3 is 2.79 bits per heavy atom. The SMILES string of the molecule is CCOCc1nc(N)cc(NC2CCC(C)C2C)n1. The number of anilines is 2. The van der Waals surface area contributed by atoms with Gasteiger partial charge < -0.3 is 15.8 Å². The van der Waals surface area contributed by atoms with Crippen LogP contribution in [-0.4, -0.2) is 22.6 Å². The molecule has 1 heterocycles. The Morgan fingerprint density at radius 1 is 1.37 bits per heavy atom. The van der Waals surface area contributed by atoms with Crippen LogP contribution in [0.3, 0.4) is 0 Å². The average molecular weight is 264 g/mol. The largest absolute Gasteiger partial charge is 0.384 e. The molecule has 1 aliphatic carbocycles. The molecule has 5 heteroatoms. The second-order valence-electron chi connectivity index (χ2n) is 5.40. The Morgan fingerprint density at radius 2 is 2.16 bits per heavy atom. The van der Waals surface area contributed by atoms with Gasteiger partial charge in [0.2, 0.25) is 0 Å². The molecule has 2 rings (SSSR count). The van der Waals surface area contributed by atoms with Crippen LogP contribution in [0.2, 0.25) is 0 Å². The minimum Gasteiger partial charge on any atom is -0.384 e. The fraction of sp³-hybridized carbons (Fsp3) is 0.714. The first-order valence-electron chi connectivity index (χ1n) is 7.08. The van der Waals surface area contributed by atoms with Crippen molar-refractivity contribution >= 4 is 11.6 Å². The smallest absolute Gasteiger partial charge is 0.158 e. The summed E-state index contributed by atoms with van der Waals surface area (Å²) in [6, 6.07) is 2.27. The van der Waals surface area contributed by atoms with Gasteiger partial charge in [0.05, 0.1) is 0 Å². The fourth-order valence-electron chi connectivity index (χ4n) is 2.61. The Labute approximate surface area is 115 Å². The number of nitrogen functional groups attached to an aromatic ring is 1. The molecule has 5 nitrogen and oxygen atoms in total. The summed E-state index contributed by atoms with van der Waals surface area (Å²) in [4.78, 5) is 8.65. The van der Waals surface area contributed by atoms with E-state index in [0.29, 0.717) is 36.8 Å². The van der Waals surface area contributed by atoms with E-state index < -0.39 is 0 Å². The summed E-state index contributed by atoms with van der Waals surface area (Å²) in [5.74, 6) is 3.37. The number of hydrogen-bond acceptors (Lipinski definition) is 5. The van der Waals surface area contributed by atoms with Gasteiger partial charge in [0.1, 0.15) is 18.2 Å². The maximum absolute atomic E-state index is 5.82. The van der Waals surface area contributed by atoms with Gasteiger partial charge >= 0.3 is 0 Å². The van der Waals surface area contributed by atoms with Crippen molar-refractivity contribution in [3.63, 3.8) is 0 Å². The van der Waals surface area contributed by atoms with Gasteiger partial charge in [-0.2, -0.15) is 0 Å². The number of aromatic nitrogens is 2. The molecule has 3 unspecified atom stereocenters. The molecule has 0 aliphatic heterocycles. The van der Waals surface area contributed by atoms with Crippen LogP contribution in [0.4, 0.5) is 11.6 Å². The second-order valence-corrected chi connectivity index (χ2v) is 5.40. The van der Waals surface area contributed by atoms with E-state index in [2.05, 4.69) is 29.1 Å². The van der Waals surface area contributed by atoms with E-state index in [0.717, 1.165) is 11.7 Å². The third-order valence-electron chi connectivity index (χ3n) is 4.03. The predicted molar refractivity (Wildman–Crippen MR) is 76.7 cm³/mol. The van der Waals surface area contributed by atoms with Crippen LogP contribution < -0.4 is 11.1 Å². The third-order valence-corrected chi connectivity index (χ3v) is 4.03. The maximum atomic E-state index is 5.82. The van der Waals surface area contributed by atoms with Crippen molar-refractivity contribution in [1.29, 1.82) is 0 Å². The van der Waals surface area contributed by atoms with Gasteiger partial charge in [-0.3, -0.25) is 0 Å². The van der Waals surface area contributed by atoms with Crippen molar-refractivity contribution in [3.8, 4) is 0 Å². The quantitative estimate of drug-likeness (QED) is 0.854. The molecule has 1 fully saturated rings. The first-order valence-corrected chi connectivity index (χ1v) is 7.08. The Balaban J connectivity index is 2.05. The predicted octanol–water partition coefficient (Wildman–Crippen LogP) is 2.44. The van der Waals surface area contributed by atoms with Crippen molar-refractivity contribution in [3.05, 3.63) is 11.9 Å². The average Bonchev–Trinajstić information content (AvgIpc) is 2.68. The number of hydrogen-bond donors (Lipinski definition) is 2. The molecule has 1 aliphatic rings. The normalized spacial score (nSPS) is 26.6. The van der Waals surface area contributed by atoms with Crippen molar-refractivity contribution < 1.29 is 4.74 Å². The van der Waals surface area contributed by atoms with Gasteiger partial charge in [-0.25, -0.2) is 9.97 Å². The summed E-state index contributed by atoms with van der Waals surface area (Å²) in [7, 11) is 0. The minimum absolute atomic E-state index is 0.410. The molecule has 0 radical (unpaired) electrons. The van der Waals surface area contributed by atoms with Crippen LogP contribution >= 0.6 is 0 Å². The standard InChI is InChI=1S/C14H24N4O/c1-4-19-8-14-17-12(15)7-13(18-14)16-11-6-5-9(2)10(11)3/h7,9-11H,4-6,8H2,1-3H3,(H3,15,16,17,18). The molecular formula is C14H24N4O. The molecule has 19 heavy (non-hydrogen) atoms. The van der Waals surface area contributed by atoms with Crippen LogP contribution in [0, 0.1) is 11.8 Å². The Hall–Kier alpha value is -1.36. The molecule has 1 aromatic rings. The first kappa shape index (κ1) is 14.1. The van der Waals surface area contributed by atoms with Crippen molar-refractivity contribution in [2.45, 2.75) is 46.3 Å². The van der Waals surface area contributed by atoms with Crippen LogP contribution in [0.15, 0.2) is 6.07 Å². The number of ether oxygens (including phenoxy) is 1. The van der Waals surface area contributed by atoms with E-state index in [4.69, 9.17) is 10.5 Å². The van der Waals surface area contributed by atoms with E-state index >= 15 is 0 Å². The lowest BCUT2D eigenvalue weighted by Crippen LogP contribution is -2.25. The van der Waals surface area contributed by atoms with Crippen molar-refractivity contribution in [2.24, 2.45) is 11.8 Å². The molecule has 1 aromatic heterocycles. The second kappa shape index (κ2) is 6.19. The van der Waals surface area contributed by atoms with Gasteiger partial charge in [0, 0.05) is 18.7 Å². The molecule has 0 bridgehead atoms. The number of nitrogens with two attached hydrogens (primary N) is 1. The highest BCUT2D eigenvalue weighted by Gasteiger charge is 2.29. The summed E-state index contributed by atoms with van der Waals surface area (Å²) in [6.45, 7) is 7.61. The lowest BCUT2D eigenvalue weighted by Gasteiger charge is -2.20. The van der Waals surface area contributed by atoms with E-state index in [1.165, 1.54) is 12.8 Å². The number of nitrogens with zero attached hydrogens (tertiary/aromatic N) is 2. The number of nitrogens with one attached hydrogen (secondary N) is 1. The van der Waals surface area contributed by atoms with E-state index in [1.807, 2.05) is 6.92 Å². The molecule has 106 valence electrons. The summed E-state index contributed by atoms with van der Waals surface area (Å²) in [5, 5.41) is 3.49. The van der Waals surface area contributed by atoms with Crippen molar-refractivity contribution in [1.82, 2.24) is 9.97 Å². The molecule has 0 aromatic carbocycles. The van der Waals surface area contributed by atoms with Crippen LogP contribution in [0.25, 0.3) is 0 Å². The van der Waals surface area contributed by atoms with E-state index in [9.17, 15) is 0 Å². The molecule has 0 spiro atoms. The highest BCUT2D eigenvalue weighted by atomic mass is 16.5. The molecule has 3 atom stereocenters. The van der Waals surface area contributed by atoms with Crippen LogP contribution in [0.5, 0.6) is 0 Å². The van der Waals surface area contributed by atoms with Gasteiger partial charge in [0.15, 0.2) is 5.82 Å². The van der Waals surface area contributed by atoms with E-state index in [1.54, 1.807) is 6.07 Å². The van der Waals surface area contributed by atoms with Gasteiger partial charge in [-0.15, -0.1) is 0 Å².